The molecule has 4 N–H and O–H groups in total. The van der Waals surface area contributed by atoms with Crippen molar-refractivity contribution < 1.29 is 32.2 Å². The highest BCUT2D eigenvalue weighted by Gasteiger charge is 2.29. The van der Waals surface area contributed by atoms with Gasteiger partial charge in [-0.25, -0.2) is 4.79 Å². The Balaban J connectivity index is 2.12. The molecule has 0 unspecified atom stereocenters. The molecule has 0 bridgehead atoms. The van der Waals surface area contributed by atoms with Gasteiger partial charge in [0.2, 0.25) is 17.8 Å². The summed E-state index contributed by atoms with van der Waals surface area (Å²) in [6.07, 6.45) is -2.01. The molecule has 0 radical (unpaired) electrons. The Morgan fingerprint density at radius 1 is 0.974 bits per heavy atom. The zero-order valence-corrected chi connectivity index (χ0v) is 22.6. The number of hydrogen-bond acceptors (Lipinski definition) is 10. The fourth-order valence-corrected chi connectivity index (χ4v) is 3.21. The van der Waals surface area contributed by atoms with Crippen molar-refractivity contribution in [1.82, 2.24) is 19.9 Å². The first-order valence-corrected chi connectivity index (χ1v) is 12.5. The fraction of sp³-hybridized carbons (Fsp3) is 0.560. The Morgan fingerprint density at radius 2 is 1.64 bits per heavy atom. The van der Waals surface area contributed by atoms with Crippen LogP contribution in [0.15, 0.2) is 24.3 Å². The molecule has 0 fully saturated rings. The highest BCUT2D eigenvalue weighted by Crippen LogP contribution is 2.21. The van der Waals surface area contributed by atoms with Crippen molar-refractivity contribution in [2.24, 2.45) is 5.73 Å². The number of amides is 1. The van der Waals surface area contributed by atoms with Crippen molar-refractivity contribution in [3.8, 4) is 6.01 Å². The summed E-state index contributed by atoms with van der Waals surface area (Å²) in [7, 11) is 0. The molecular formula is C25H36F3N7O4. The number of carbonyl (C=O) groups is 2. The molecule has 216 valence electrons. The Labute approximate surface area is 225 Å². The normalized spacial score (nSPS) is 11.6. The molecule has 1 heterocycles. The van der Waals surface area contributed by atoms with Crippen LogP contribution >= 0.6 is 0 Å². The Hall–Kier alpha value is -3.68. The molecule has 1 aromatic carbocycles. The van der Waals surface area contributed by atoms with E-state index in [1.54, 1.807) is 37.8 Å². The third-order valence-corrected chi connectivity index (χ3v) is 5.00. The second-order valence-corrected chi connectivity index (χ2v) is 9.66. The minimum atomic E-state index is -4.59. The predicted octanol–water partition coefficient (Wildman–Crippen LogP) is 3.90. The number of hydrogen-bond donors (Lipinski definition) is 3. The molecule has 0 spiro atoms. The lowest BCUT2D eigenvalue weighted by molar-refractivity contribution is -0.154. The summed E-state index contributed by atoms with van der Waals surface area (Å²) in [5.74, 6) is -0.726. The molecule has 39 heavy (non-hydrogen) atoms. The smallest absolute Gasteiger partial charge is 0.422 e. The summed E-state index contributed by atoms with van der Waals surface area (Å²) in [6, 6.07) is 5.66. The first-order chi connectivity index (χ1) is 18.3. The van der Waals surface area contributed by atoms with Crippen molar-refractivity contribution in [2.75, 3.05) is 43.4 Å². The molecule has 2 rings (SSSR count). The van der Waals surface area contributed by atoms with E-state index in [-0.39, 0.29) is 24.3 Å². The molecule has 0 aliphatic carbocycles. The fourth-order valence-electron chi connectivity index (χ4n) is 3.21. The maximum atomic E-state index is 12.7. The number of nitrogens with zero attached hydrogens (tertiary/aromatic N) is 4. The largest absolute Gasteiger partial charge is 0.456 e. The molecule has 2 aromatic rings. The Bertz CT molecular complexity index is 1080. The number of nitrogens with one attached hydrogen (secondary N) is 2. The lowest BCUT2D eigenvalue weighted by Crippen LogP contribution is -2.34. The van der Waals surface area contributed by atoms with E-state index in [1.807, 2.05) is 0 Å². The van der Waals surface area contributed by atoms with Gasteiger partial charge in [-0.05, 0) is 64.4 Å². The average molecular weight is 556 g/mol. The Morgan fingerprint density at radius 3 is 2.23 bits per heavy atom. The SMILES string of the molecule is CC(=O)N(CCCCCN)CCNc1nc(Nc2ccc(C(=O)OC(C)(C)C)cc2)nc(OCC(F)(F)F)n1. The minimum absolute atomic E-state index is 0.0401. The number of carbonyl (C=O) groups excluding carboxylic acids is 2. The molecule has 0 saturated carbocycles. The summed E-state index contributed by atoms with van der Waals surface area (Å²) in [4.78, 5) is 37.8. The van der Waals surface area contributed by atoms with E-state index in [0.717, 1.165) is 19.3 Å². The number of ether oxygens (including phenoxy) is 2. The maximum absolute atomic E-state index is 12.7. The summed E-state index contributed by atoms with van der Waals surface area (Å²) in [6.45, 7) is 6.86. The lowest BCUT2D eigenvalue weighted by Gasteiger charge is -2.21. The number of anilines is 3. The van der Waals surface area contributed by atoms with Gasteiger partial charge in [0.1, 0.15) is 5.60 Å². The first-order valence-electron chi connectivity index (χ1n) is 12.5. The van der Waals surface area contributed by atoms with Gasteiger partial charge in [-0.3, -0.25) is 4.79 Å². The quantitative estimate of drug-likeness (QED) is 0.232. The van der Waals surface area contributed by atoms with Crippen molar-refractivity contribution in [3.63, 3.8) is 0 Å². The molecule has 0 atom stereocenters. The van der Waals surface area contributed by atoms with Crippen molar-refractivity contribution >= 4 is 29.5 Å². The lowest BCUT2D eigenvalue weighted by atomic mass is 10.1. The van der Waals surface area contributed by atoms with Gasteiger partial charge >= 0.3 is 18.2 Å². The van der Waals surface area contributed by atoms with Crippen LogP contribution in [0, 0.1) is 0 Å². The topological polar surface area (TPSA) is 145 Å². The zero-order chi connectivity index (χ0) is 29.1. The summed E-state index contributed by atoms with van der Waals surface area (Å²) in [5.41, 5.74) is 5.63. The summed E-state index contributed by atoms with van der Waals surface area (Å²) >= 11 is 0. The standard InChI is InChI=1S/C25H36F3N7O4/c1-17(36)35(14-7-5-6-12-29)15-13-30-21-32-22(34-23(33-21)38-16-25(26,27)28)31-19-10-8-18(9-11-19)20(37)39-24(2,3)4/h8-11H,5-7,12-16,29H2,1-4H3,(H2,30,31,32,33,34). The monoisotopic (exact) mass is 555 g/mol. The number of benzene rings is 1. The van der Waals surface area contributed by atoms with Crippen LogP contribution in [0.5, 0.6) is 6.01 Å². The van der Waals surface area contributed by atoms with Crippen LogP contribution in [0.25, 0.3) is 0 Å². The van der Waals surface area contributed by atoms with E-state index in [9.17, 15) is 22.8 Å². The van der Waals surface area contributed by atoms with Gasteiger partial charge in [-0.1, -0.05) is 6.42 Å². The number of nitrogens with two attached hydrogens (primary N) is 1. The average Bonchev–Trinajstić information content (AvgIpc) is 2.83. The van der Waals surface area contributed by atoms with Crippen molar-refractivity contribution in [2.45, 2.75) is 58.7 Å². The molecule has 1 amide bonds. The van der Waals surface area contributed by atoms with E-state index >= 15 is 0 Å². The van der Waals surface area contributed by atoms with E-state index in [4.69, 9.17) is 15.2 Å². The number of aromatic nitrogens is 3. The van der Waals surface area contributed by atoms with Gasteiger partial charge < -0.3 is 30.7 Å². The van der Waals surface area contributed by atoms with Gasteiger partial charge in [0, 0.05) is 32.2 Å². The van der Waals surface area contributed by atoms with Crippen LogP contribution in [0.2, 0.25) is 0 Å². The van der Waals surface area contributed by atoms with E-state index in [0.29, 0.717) is 30.9 Å². The van der Waals surface area contributed by atoms with Crippen molar-refractivity contribution in [1.29, 1.82) is 0 Å². The second kappa shape index (κ2) is 14.5. The molecule has 0 aliphatic heterocycles. The molecule has 0 saturated heterocycles. The Kier molecular flexibility index (Phi) is 11.7. The summed E-state index contributed by atoms with van der Waals surface area (Å²) < 4.78 is 48.2. The number of alkyl halides is 3. The molecule has 11 nitrogen and oxygen atoms in total. The van der Waals surface area contributed by atoms with E-state index in [2.05, 4.69) is 25.6 Å². The number of rotatable bonds is 14. The first kappa shape index (κ1) is 31.5. The summed E-state index contributed by atoms with van der Waals surface area (Å²) in [5, 5.41) is 5.77. The van der Waals surface area contributed by atoms with E-state index < -0.39 is 30.4 Å². The van der Waals surface area contributed by atoms with Crippen LogP contribution in [-0.2, 0) is 9.53 Å². The molecule has 1 aromatic heterocycles. The van der Waals surface area contributed by atoms with Crippen LogP contribution in [0.4, 0.5) is 30.8 Å². The van der Waals surface area contributed by atoms with E-state index in [1.165, 1.54) is 19.1 Å². The highest BCUT2D eigenvalue weighted by atomic mass is 19.4. The number of halogens is 3. The van der Waals surface area contributed by atoms with Gasteiger partial charge in [0.25, 0.3) is 0 Å². The van der Waals surface area contributed by atoms with Crippen LogP contribution in [0.3, 0.4) is 0 Å². The van der Waals surface area contributed by atoms with Gasteiger partial charge in [-0.2, -0.15) is 28.1 Å². The maximum Gasteiger partial charge on any atom is 0.422 e. The number of esters is 1. The van der Waals surface area contributed by atoms with Gasteiger partial charge in [-0.15, -0.1) is 0 Å². The third kappa shape index (κ3) is 12.6. The second-order valence-electron chi connectivity index (χ2n) is 9.66. The van der Waals surface area contributed by atoms with Crippen LogP contribution in [-0.4, -0.2) is 76.3 Å². The number of unbranched alkanes of at least 4 members (excludes halogenated alkanes) is 2. The predicted molar refractivity (Wildman–Crippen MR) is 140 cm³/mol. The van der Waals surface area contributed by atoms with Crippen LogP contribution in [0.1, 0.15) is 57.3 Å². The van der Waals surface area contributed by atoms with Gasteiger partial charge in [0.05, 0.1) is 5.56 Å². The zero-order valence-electron chi connectivity index (χ0n) is 22.6. The third-order valence-electron chi connectivity index (χ3n) is 5.00. The molecule has 0 aliphatic rings. The molecular weight excluding hydrogens is 519 g/mol. The van der Waals surface area contributed by atoms with Crippen molar-refractivity contribution in [3.05, 3.63) is 29.8 Å². The van der Waals surface area contributed by atoms with Crippen LogP contribution < -0.4 is 21.1 Å². The van der Waals surface area contributed by atoms with Gasteiger partial charge in [0.15, 0.2) is 6.61 Å². The highest BCUT2D eigenvalue weighted by molar-refractivity contribution is 5.90. The minimum Gasteiger partial charge on any atom is -0.456 e. The molecule has 14 heteroatoms.